The van der Waals surface area contributed by atoms with Gasteiger partial charge in [-0.05, 0) is 35.9 Å². The van der Waals surface area contributed by atoms with E-state index >= 15 is 0 Å². The van der Waals surface area contributed by atoms with Gasteiger partial charge < -0.3 is 15.2 Å². The molecule has 108 valence electrons. The van der Waals surface area contributed by atoms with Crippen molar-refractivity contribution in [2.75, 3.05) is 19.0 Å². The first-order valence-corrected chi connectivity index (χ1v) is 6.39. The summed E-state index contributed by atoms with van der Waals surface area (Å²) in [7, 11) is 1.55. The van der Waals surface area contributed by atoms with Crippen molar-refractivity contribution in [3.8, 4) is 11.8 Å². The molecule has 5 heteroatoms. The smallest absolute Gasteiger partial charge is 0.147 e. The summed E-state index contributed by atoms with van der Waals surface area (Å²) in [5.41, 5.74) is 1.18. The number of rotatable bonds is 5. The van der Waals surface area contributed by atoms with Crippen LogP contribution in [0.4, 0.5) is 10.1 Å². The van der Waals surface area contributed by atoms with Gasteiger partial charge in [-0.3, -0.25) is 0 Å². The third-order valence-corrected chi connectivity index (χ3v) is 3.06. The molecule has 2 aromatic rings. The number of halogens is 1. The monoisotopic (exact) mass is 286 g/mol. The number of anilines is 1. The van der Waals surface area contributed by atoms with E-state index in [0.29, 0.717) is 11.3 Å². The van der Waals surface area contributed by atoms with Gasteiger partial charge in [0.1, 0.15) is 11.6 Å². The predicted octanol–water partition coefficient (Wildman–Crippen LogP) is 2.85. The van der Waals surface area contributed by atoms with Gasteiger partial charge in [0.15, 0.2) is 0 Å². The van der Waals surface area contributed by atoms with Crippen LogP contribution < -0.4 is 10.1 Å². The fraction of sp³-hybridized carbons (Fsp3) is 0.188. The summed E-state index contributed by atoms with van der Waals surface area (Å²) >= 11 is 0. The van der Waals surface area contributed by atoms with Gasteiger partial charge in [-0.15, -0.1) is 0 Å². The van der Waals surface area contributed by atoms with E-state index in [0.717, 1.165) is 6.07 Å². The summed E-state index contributed by atoms with van der Waals surface area (Å²) in [5.74, 6) is 0.128. The second-order valence-electron chi connectivity index (χ2n) is 4.48. The molecule has 2 aromatic carbocycles. The Morgan fingerprint density at radius 3 is 2.81 bits per heavy atom. The molecule has 0 spiro atoms. The van der Waals surface area contributed by atoms with Crippen molar-refractivity contribution < 1.29 is 14.2 Å². The lowest BCUT2D eigenvalue weighted by atomic mass is 10.1. The number of nitrogens with one attached hydrogen (secondary N) is 1. The number of hydrogen-bond donors (Lipinski definition) is 2. The van der Waals surface area contributed by atoms with Crippen LogP contribution in [-0.4, -0.2) is 18.8 Å². The third-order valence-electron chi connectivity index (χ3n) is 3.06. The van der Waals surface area contributed by atoms with Crippen molar-refractivity contribution in [2.45, 2.75) is 6.10 Å². The standard InChI is InChI=1S/C16H15FN2O2/c1-21-13-4-2-3-12(8-13)16(20)10-19-15-6-5-11(9-18)7-14(15)17/h2-8,16,19-20H,10H2,1H3. The number of nitriles is 1. The van der Waals surface area contributed by atoms with E-state index in [1.807, 2.05) is 6.07 Å². The molecule has 2 rings (SSSR count). The molecule has 0 saturated carbocycles. The lowest BCUT2D eigenvalue weighted by molar-refractivity contribution is 0.191. The van der Waals surface area contributed by atoms with Gasteiger partial charge in [-0.25, -0.2) is 4.39 Å². The zero-order chi connectivity index (χ0) is 15.2. The van der Waals surface area contributed by atoms with Crippen LogP contribution in [0.5, 0.6) is 5.75 Å². The number of methoxy groups -OCH3 is 1. The Morgan fingerprint density at radius 2 is 2.14 bits per heavy atom. The average Bonchev–Trinajstić information content (AvgIpc) is 2.53. The highest BCUT2D eigenvalue weighted by atomic mass is 19.1. The SMILES string of the molecule is COc1cccc(C(O)CNc2ccc(C#N)cc2F)c1. The maximum atomic E-state index is 13.7. The number of aliphatic hydroxyl groups is 1. The summed E-state index contributed by atoms with van der Waals surface area (Å²) in [6, 6.07) is 13.1. The molecule has 0 aromatic heterocycles. The van der Waals surface area contributed by atoms with Crippen LogP contribution in [0.3, 0.4) is 0 Å². The first-order valence-electron chi connectivity index (χ1n) is 6.39. The number of aliphatic hydroxyl groups excluding tert-OH is 1. The first-order chi connectivity index (χ1) is 10.1. The van der Waals surface area contributed by atoms with Crippen molar-refractivity contribution in [2.24, 2.45) is 0 Å². The van der Waals surface area contributed by atoms with E-state index in [-0.39, 0.29) is 17.8 Å². The summed E-state index contributed by atoms with van der Waals surface area (Å²) in [6.07, 6.45) is -0.796. The van der Waals surface area contributed by atoms with Crippen LogP contribution in [0.1, 0.15) is 17.2 Å². The second kappa shape index (κ2) is 6.73. The van der Waals surface area contributed by atoms with Gasteiger partial charge in [-0.2, -0.15) is 5.26 Å². The largest absolute Gasteiger partial charge is 0.497 e. The van der Waals surface area contributed by atoms with Crippen molar-refractivity contribution in [3.63, 3.8) is 0 Å². The molecule has 0 radical (unpaired) electrons. The number of hydrogen-bond acceptors (Lipinski definition) is 4. The second-order valence-corrected chi connectivity index (χ2v) is 4.48. The summed E-state index contributed by atoms with van der Waals surface area (Å²) in [5, 5.41) is 21.6. The quantitative estimate of drug-likeness (QED) is 0.887. The van der Waals surface area contributed by atoms with Crippen LogP contribution >= 0.6 is 0 Å². The highest BCUT2D eigenvalue weighted by Gasteiger charge is 2.10. The van der Waals surface area contributed by atoms with Crippen molar-refractivity contribution in [3.05, 3.63) is 59.4 Å². The maximum Gasteiger partial charge on any atom is 0.147 e. The lowest BCUT2D eigenvalue weighted by Gasteiger charge is -2.14. The molecule has 21 heavy (non-hydrogen) atoms. The minimum absolute atomic E-state index is 0.149. The topological polar surface area (TPSA) is 65.3 Å². The highest BCUT2D eigenvalue weighted by Crippen LogP contribution is 2.21. The third kappa shape index (κ3) is 3.71. The van der Waals surface area contributed by atoms with Gasteiger partial charge in [0.05, 0.1) is 30.5 Å². The zero-order valence-electron chi connectivity index (χ0n) is 11.5. The van der Waals surface area contributed by atoms with Gasteiger partial charge in [0.25, 0.3) is 0 Å². The van der Waals surface area contributed by atoms with E-state index in [2.05, 4.69) is 5.32 Å². The summed E-state index contributed by atoms with van der Waals surface area (Å²) in [6.45, 7) is 0.149. The molecule has 0 amide bonds. The van der Waals surface area contributed by atoms with E-state index in [4.69, 9.17) is 10.00 Å². The summed E-state index contributed by atoms with van der Waals surface area (Å²) < 4.78 is 18.8. The molecule has 1 unspecified atom stereocenters. The Bertz CT molecular complexity index is 668. The van der Waals surface area contributed by atoms with Crippen LogP contribution in [-0.2, 0) is 0 Å². The highest BCUT2D eigenvalue weighted by molar-refractivity contribution is 5.49. The molecule has 0 aliphatic rings. The van der Waals surface area contributed by atoms with E-state index in [1.54, 1.807) is 31.4 Å². The minimum atomic E-state index is -0.796. The summed E-state index contributed by atoms with van der Waals surface area (Å²) in [4.78, 5) is 0. The Kier molecular flexibility index (Phi) is 4.75. The van der Waals surface area contributed by atoms with Gasteiger partial charge >= 0.3 is 0 Å². The molecule has 0 aliphatic heterocycles. The zero-order valence-corrected chi connectivity index (χ0v) is 11.5. The van der Waals surface area contributed by atoms with Crippen LogP contribution in [0.2, 0.25) is 0 Å². The normalized spacial score (nSPS) is 11.5. The van der Waals surface area contributed by atoms with E-state index in [1.165, 1.54) is 12.1 Å². The lowest BCUT2D eigenvalue weighted by Crippen LogP contribution is -2.13. The fourth-order valence-corrected chi connectivity index (χ4v) is 1.90. The van der Waals surface area contributed by atoms with E-state index in [9.17, 15) is 9.50 Å². The molecular formula is C16H15FN2O2. The van der Waals surface area contributed by atoms with E-state index < -0.39 is 11.9 Å². The molecule has 0 aliphatic carbocycles. The van der Waals surface area contributed by atoms with Crippen LogP contribution in [0, 0.1) is 17.1 Å². The predicted molar refractivity (Wildman–Crippen MR) is 77.6 cm³/mol. The number of nitrogens with zero attached hydrogens (tertiary/aromatic N) is 1. The molecule has 0 heterocycles. The maximum absolute atomic E-state index is 13.7. The molecule has 0 bridgehead atoms. The van der Waals surface area contributed by atoms with Gasteiger partial charge in [0, 0.05) is 6.54 Å². The van der Waals surface area contributed by atoms with Crippen molar-refractivity contribution in [1.82, 2.24) is 0 Å². The number of benzene rings is 2. The fourth-order valence-electron chi connectivity index (χ4n) is 1.90. The van der Waals surface area contributed by atoms with Crippen LogP contribution in [0.25, 0.3) is 0 Å². The number of ether oxygens (including phenoxy) is 1. The molecule has 1 atom stereocenters. The Labute approximate surface area is 122 Å². The Hall–Kier alpha value is -2.58. The molecule has 2 N–H and O–H groups in total. The molecule has 0 saturated heterocycles. The average molecular weight is 286 g/mol. The molecular weight excluding hydrogens is 271 g/mol. The van der Waals surface area contributed by atoms with Gasteiger partial charge in [0.2, 0.25) is 0 Å². The molecule has 0 fully saturated rings. The van der Waals surface area contributed by atoms with Crippen LogP contribution in [0.15, 0.2) is 42.5 Å². The van der Waals surface area contributed by atoms with Crippen molar-refractivity contribution in [1.29, 1.82) is 5.26 Å². The molecule has 4 nitrogen and oxygen atoms in total. The van der Waals surface area contributed by atoms with Gasteiger partial charge in [-0.1, -0.05) is 12.1 Å². The Morgan fingerprint density at radius 1 is 1.33 bits per heavy atom. The van der Waals surface area contributed by atoms with Crippen molar-refractivity contribution >= 4 is 5.69 Å². The minimum Gasteiger partial charge on any atom is -0.497 e. The Balaban J connectivity index is 2.04. The first kappa shape index (κ1) is 14.8.